The second-order valence-electron chi connectivity index (χ2n) is 4.99. The van der Waals surface area contributed by atoms with Gasteiger partial charge in [0.15, 0.2) is 0 Å². The number of hydrogen-bond donors (Lipinski definition) is 1. The van der Waals surface area contributed by atoms with Crippen molar-refractivity contribution in [2.24, 2.45) is 0 Å². The lowest BCUT2D eigenvalue weighted by Crippen LogP contribution is -2.22. The van der Waals surface area contributed by atoms with Crippen molar-refractivity contribution in [3.05, 3.63) is 78.0 Å². The summed E-state index contributed by atoms with van der Waals surface area (Å²) >= 11 is 6.11. The van der Waals surface area contributed by atoms with Crippen LogP contribution in [0.5, 0.6) is 0 Å². The zero-order valence-electron chi connectivity index (χ0n) is 11.7. The Morgan fingerprint density at radius 3 is 2.52 bits per heavy atom. The van der Waals surface area contributed by atoms with Crippen molar-refractivity contribution in [3.63, 3.8) is 0 Å². The lowest BCUT2D eigenvalue weighted by Gasteiger charge is -2.17. The molecule has 0 amide bonds. The summed E-state index contributed by atoms with van der Waals surface area (Å²) in [7, 11) is 0. The fourth-order valence-corrected chi connectivity index (χ4v) is 2.78. The Morgan fingerprint density at radius 2 is 1.71 bits per heavy atom. The van der Waals surface area contributed by atoms with E-state index in [0.29, 0.717) is 5.88 Å². The van der Waals surface area contributed by atoms with E-state index in [4.69, 9.17) is 11.6 Å². The van der Waals surface area contributed by atoms with Crippen LogP contribution in [0.15, 0.2) is 66.9 Å². The smallest absolute Gasteiger partial charge is 0.0705 e. The number of hydrogen-bond acceptors (Lipinski definition) is 2. The van der Waals surface area contributed by atoms with E-state index in [0.717, 1.165) is 12.1 Å². The van der Waals surface area contributed by atoms with E-state index in [-0.39, 0.29) is 6.04 Å². The van der Waals surface area contributed by atoms with Crippen LogP contribution in [-0.4, -0.2) is 10.9 Å². The molecule has 0 bridgehead atoms. The van der Waals surface area contributed by atoms with Gasteiger partial charge in [0.2, 0.25) is 0 Å². The Morgan fingerprint density at radius 1 is 0.952 bits per heavy atom. The van der Waals surface area contributed by atoms with Gasteiger partial charge in [0.1, 0.15) is 0 Å². The van der Waals surface area contributed by atoms with E-state index in [1.165, 1.54) is 16.5 Å². The summed E-state index contributed by atoms with van der Waals surface area (Å²) in [5.41, 5.74) is 3.48. The Bertz CT molecular complexity index is 707. The molecule has 1 heterocycles. The van der Waals surface area contributed by atoms with Crippen LogP contribution in [-0.2, 0) is 6.54 Å². The van der Waals surface area contributed by atoms with Crippen molar-refractivity contribution in [3.8, 4) is 0 Å². The summed E-state index contributed by atoms with van der Waals surface area (Å²) in [6.45, 7) is 0.773. The monoisotopic (exact) mass is 296 g/mol. The molecule has 21 heavy (non-hydrogen) atoms. The van der Waals surface area contributed by atoms with Crippen molar-refractivity contribution in [2.75, 3.05) is 5.88 Å². The van der Waals surface area contributed by atoms with Crippen LogP contribution in [0.3, 0.4) is 0 Å². The number of rotatable bonds is 5. The lowest BCUT2D eigenvalue weighted by molar-refractivity contribution is 0.581. The third-order valence-electron chi connectivity index (χ3n) is 3.63. The molecule has 1 atom stereocenters. The van der Waals surface area contributed by atoms with Crippen LogP contribution < -0.4 is 5.32 Å². The molecule has 0 saturated heterocycles. The third-order valence-corrected chi connectivity index (χ3v) is 3.94. The van der Waals surface area contributed by atoms with Gasteiger partial charge in [-0.1, -0.05) is 48.5 Å². The van der Waals surface area contributed by atoms with Gasteiger partial charge in [0, 0.05) is 30.0 Å². The highest BCUT2D eigenvalue weighted by atomic mass is 35.5. The van der Waals surface area contributed by atoms with Gasteiger partial charge >= 0.3 is 0 Å². The predicted molar refractivity (Wildman–Crippen MR) is 88.5 cm³/mol. The molecule has 0 aliphatic rings. The van der Waals surface area contributed by atoms with Crippen LogP contribution in [0.2, 0.25) is 0 Å². The SMILES string of the molecule is ClCC(NCc1ccnc2ccccc12)c1ccccc1. The van der Waals surface area contributed by atoms with Gasteiger partial charge in [-0.05, 0) is 23.3 Å². The summed E-state index contributed by atoms with van der Waals surface area (Å²) in [6.07, 6.45) is 1.86. The fraction of sp³-hybridized carbons (Fsp3) is 0.167. The van der Waals surface area contributed by atoms with Crippen LogP contribution >= 0.6 is 11.6 Å². The molecule has 0 radical (unpaired) electrons. The number of halogens is 1. The number of aromatic nitrogens is 1. The van der Waals surface area contributed by atoms with Crippen molar-refractivity contribution >= 4 is 22.5 Å². The summed E-state index contributed by atoms with van der Waals surface area (Å²) < 4.78 is 0. The maximum absolute atomic E-state index is 6.11. The molecule has 1 N–H and O–H groups in total. The van der Waals surface area contributed by atoms with E-state index in [1.54, 1.807) is 0 Å². The molecule has 3 rings (SSSR count). The van der Waals surface area contributed by atoms with Gasteiger partial charge in [-0.3, -0.25) is 4.98 Å². The largest absolute Gasteiger partial charge is 0.305 e. The first-order chi connectivity index (χ1) is 10.4. The van der Waals surface area contributed by atoms with Gasteiger partial charge in [0.05, 0.1) is 5.52 Å². The molecule has 0 fully saturated rings. The molecule has 3 heteroatoms. The molecular formula is C18H17ClN2. The molecule has 0 aliphatic carbocycles. The third kappa shape index (κ3) is 3.23. The Labute approximate surface area is 129 Å². The highest BCUT2D eigenvalue weighted by Gasteiger charge is 2.10. The first-order valence-corrected chi connectivity index (χ1v) is 7.59. The van der Waals surface area contributed by atoms with Gasteiger partial charge in [-0.2, -0.15) is 0 Å². The molecule has 0 spiro atoms. The zero-order valence-corrected chi connectivity index (χ0v) is 12.4. The minimum Gasteiger partial charge on any atom is -0.305 e. The second-order valence-corrected chi connectivity index (χ2v) is 5.29. The van der Waals surface area contributed by atoms with Gasteiger partial charge < -0.3 is 5.32 Å². The standard InChI is InChI=1S/C18H17ClN2/c19-12-18(14-6-2-1-3-7-14)21-13-15-10-11-20-17-9-5-4-8-16(15)17/h1-11,18,21H,12-13H2. The number of para-hydroxylation sites is 1. The summed E-state index contributed by atoms with van der Waals surface area (Å²) in [6, 6.07) is 20.7. The summed E-state index contributed by atoms with van der Waals surface area (Å²) in [5, 5.41) is 4.72. The molecule has 0 saturated carbocycles. The maximum Gasteiger partial charge on any atom is 0.0705 e. The molecule has 1 aromatic heterocycles. The Kier molecular flexibility index (Phi) is 4.49. The number of nitrogens with zero attached hydrogens (tertiary/aromatic N) is 1. The minimum atomic E-state index is 0.153. The fourth-order valence-electron chi connectivity index (χ4n) is 2.49. The first-order valence-electron chi connectivity index (χ1n) is 7.05. The highest BCUT2D eigenvalue weighted by Crippen LogP contribution is 2.19. The number of benzene rings is 2. The van der Waals surface area contributed by atoms with Crippen LogP contribution in [0, 0.1) is 0 Å². The van der Waals surface area contributed by atoms with Gasteiger partial charge in [-0.25, -0.2) is 0 Å². The van der Waals surface area contributed by atoms with Crippen molar-refractivity contribution < 1.29 is 0 Å². The average molecular weight is 297 g/mol. The van der Waals surface area contributed by atoms with E-state index in [9.17, 15) is 0 Å². The van der Waals surface area contributed by atoms with E-state index in [1.807, 2.05) is 42.6 Å². The van der Waals surface area contributed by atoms with Crippen molar-refractivity contribution in [1.82, 2.24) is 10.3 Å². The van der Waals surface area contributed by atoms with Gasteiger partial charge in [-0.15, -0.1) is 11.6 Å². The lowest BCUT2D eigenvalue weighted by atomic mass is 10.1. The molecule has 2 aromatic carbocycles. The second kappa shape index (κ2) is 6.70. The molecular weight excluding hydrogens is 280 g/mol. The van der Waals surface area contributed by atoms with Gasteiger partial charge in [0.25, 0.3) is 0 Å². The van der Waals surface area contributed by atoms with Crippen LogP contribution in [0.25, 0.3) is 10.9 Å². The topological polar surface area (TPSA) is 24.9 Å². The molecule has 1 unspecified atom stereocenters. The minimum absolute atomic E-state index is 0.153. The average Bonchev–Trinajstić information content (AvgIpc) is 2.56. The van der Waals surface area contributed by atoms with Crippen molar-refractivity contribution in [1.29, 1.82) is 0 Å². The molecule has 2 nitrogen and oxygen atoms in total. The highest BCUT2D eigenvalue weighted by molar-refractivity contribution is 6.18. The van der Waals surface area contributed by atoms with Crippen LogP contribution in [0.1, 0.15) is 17.2 Å². The molecule has 0 aliphatic heterocycles. The molecule has 106 valence electrons. The number of fused-ring (bicyclic) bond motifs is 1. The quantitative estimate of drug-likeness (QED) is 0.710. The number of nitrogens with one attached hydrogen (secondary N) is 1. The Hall–Kier alpha value is -1.90. The normalized spacial score (nSPS) is 12.4. The first kappa shape index (κ1) is 14.1. The number of pyridine rings is 1. The maximum atomic E-state index is 6.11. The number of alkyl halides is 1. The molecule has 3 aromatic rings. The summed E-state index contributed by atoms with van der Waals surface area (Å²) in [4.78, 5) is 4.39. The van der Waals surface area contributed by atoms with E-state index >= 15 is 0 Å². The van der Waals surface area contributed by atoms with E-state index < -0.39 is 0 Å². The van der Waals surface area contributed by atoms with Crippen LogP contribution in [0.4, 0.5) is 0 Å². The van der Waals surface area contributed by atoms with E-state index in [2.05, 4.69) is 34.6 Å². The summed E-state index contributed by atoms with van der Waals surface area (Å²) in [5.74, 6) is 0.549. The van der Waals surface area contributed by atoms with Crippen molar-refractivity contribution in [2.45, 2.75) is 12.6 Å². The Balaban J connectivity index is 1.79. The predicted octanol–water partition coefficient (Wildman–Crippen LogP) is 4.30. The zero-order chi connectivity index (χ0) is 14.5.